The number of aromatic nitrogens is 3. The van der Waals surface area contributed by atoms with Gasteiger partial charge in [-0.3, -0.25) is 0 Å². The smallest absolute Gasteiger partial charge is 0.160 e. The van der Waals surface area contributed by atoms with Crippen molar-refractivity contribution in [3.05, 3.63) is 66.4 Å². The van der Waals surface area contributed by atoms with Crippen LogP contribution in [-0.2, 0) is 6.54 Å². The summed E-state index contributed by atoms with van der Waals surface area (Å²) in [6.45, 7) is 3.30. The van der Waals surface area contributed by atoms with E-state index in [-0.39, 0.29) is 5.75 Å². The summed E-state index contributed by atoms with van der Waals surface area (Å²) in [4.78, 5) is 0. The van der Waals surface area contributed by atoms with Crippen molar-refractivity contribution in [3.8, 4) is 22.8 Å². The highest BCUT2D eigenvalue weighted by atomic mass is 16.5. The zero-order chi connectivity index (χ0) is 20.0. The summed E-state index contributed by atoms with van der Waals surface area (Å²) in [5.74, 6) is 0.812. The molecule has 0 bridgehead atoms. The van der Waals surface area contributed by atoms with E-state index in [0.717, 1.165) is 23.2 Å². The number of nitrogens with zero attached hydrogens (tertiary/aromatic N) is 3. The molecule has 1 heterocycles. The van der Waals surface area contributed by atoms with Gasteiger partial charge in [-0.15, -0.1) is 10.2 Å². The van der Waals surface area contributed by atoms with Gasteiger partial charge in [0.2, 0.25) is 0 Å². The van der Waals surface area contributed by atoms with Crippen LogP contribution in [0.4, 0.5) is 0 Å². The minimum absolute atomic E-state index is 0.225. The molecule has 1 aromatic heterocycles. The fraction of sp³-hybridized carbons (Fsp3) is 0.318. The number of phenolic OH excluding ortho intramolecular Hbond substituents is 1. The molecule has 0 radical (unpaired) electrons. The maximum Gasteiger partial charge on any atom is 0.160 e. The molecule has 0 spiro atoms. The zero-order valence-corrected chi connectivity index (χ0v) is 16.3. The van der Waals surface area contributed by atoms with Gasteiger partial charge in [0.1, 0.15) is 5.69 Å². The molecule has 0 saturated heterocycles. The van der Waals surface area contributed by atoms with Gasteiger partial charge in [-0.25, -0.2) is 0 Å². The van der Waals surface area contributed by atoms with Gasteiger partial charge in [-0.2, -0.15) is 0 Å². The highest BCUT2D eigenvalue weighted by molar-refractivity contribution is 5.61. The van der Waals surface area contributed by atoms with E-state index in [1.807, 2.05) is 36.4 Å². The molecule has 6 nitrogen and oxygen atoms in total. The summed E-state index contributed by atoms with van der Waals surface area (Å²) in [5.41, 5.74) is 8.31. The maximum absolute atomic E-state index is 9.39. The summed E-state index contributed by atoms with van der Waals surface area (Å²) in [5, 5.41) is 20.7. The molecule has 3 aromatic rings. The molecule has 0 saturated carbocycles. The van der Waals surface area contributed by atoms with Crippen LogP contribution in [0.15, 0.2) is 60.8 Å². The van der Waals surface area contributed by atoms with Crippen molar-refractivity contribution in [2.24, 2.45) is 5.73 Å². The summed E-state index contributed by atoms with van der Waals surface area (Å²) >= 11 is 0. The number of ether oxygens (including phenoxy) is 1. The van der Waals surface area contributed by atoms with Crippen molar-refractivity contribution < 1.29 is 9.84 Å². The van der Waals surface area contributed by atoms with Crippen molar-refractivity contribution in [3.63, 3.8) is 0 Å². The van der Waals surface area contributed by atoms with Crippen LogP contribution in [0.25, 0.3) is 11.3 Å². The molecule has 3 rings (SSSR count). The van der Waals surface area contributed by atoms with Crippen molar-refractivity contribution in [1.29, 1.82) is 0 Å². The van der Waals surface area contributed by atoms with Gasteiger partial charge >= 0.3 is 0 Å². The van der Waals surface area contributed by atoms with Gasteiger partial charge in [0.25, 0.3) is 0 Å². The van der Waals surface area contributed by atoms with Gasteiger partial charge in [-0.05, 0) is 23.8 Å². The Balaban J connectivity index is 0.000000200. The van der Waals surface area contributed by atoms with Crippen LogP contribution < -0.4 is 10.5 Å². The fourth-order valence-electron chi connectivity index (χ4n) is 2.57. The summed E-state index contributed by atoms with van der Waals surface area (Å²) < 4.78 is 5.43. The molecule has 0 aliphatic heterocycles. The molecule has 0 unspecified atom stereocenters. The number of hydrogen-bond acceptors (Lipinski definition) is 6. The van der Waals surface area contributed by atoms with E-state index in [9.17, 15) is 5.11 Å². The third kappa shape index (κ3) is 6.96. The molecule has 0 aliphatic carbocycles. The first-order valence-electron chi connectivity index (χ1n) is 9.59. The third-order valence-electron chi connectivity index (χ3n) is 4.10. The first-order chi connectivity index (χ1) is 13.8. The molecule has 2 aromatic carbocycles. The largest absolute Gasteiger partial charge is 0.504 e. The average molecular weight is 380 g/mol. The Bertz CT molecular complexity index is 812. The number of benzene rings is 2. The summed E-state index contributed by atoms with van der Waals surface area (Å²) in [7, 11) is 0. The SMILES string of the molecule is CCCCCCOc1ccccc1O.NCc1cnnnc1-c1ccccc1. The molecule has 6 heteroatoms. The van der Waals surface area contributed by atoms with E-state index in [1.165, 1.54) is 19.3 Å². The first-order valence-corrected chi connectivity index (χ1v) is 9.59. The predicted molar refractivity (Wildman–Crippen MR) is 111 cm³/mol. The lowest BCUT2D eigenvalue weighted by Crippen LogP contribution is -2.03. The quantitative estimate of drug-likeness (QED) is 0.564. The number of hydrogen-bond donors (Lipinski definition) is 2. The molecule has 0 aliphatic rings. The third-order valence-corrected chi connectivity index (χ3v) is 4.10. The highest BCUT2D eigenvalue weighted by Gasteiger charge is 2.05. The van der Waals surface area contributed by atoms with Crippen LogP contribution in [0.3, 0.4) is 0 Å². The first kappa shape index (κ1) is 21.3. The van der Waals surface area contributed by atoms with Gasteiger partial charge in [0.15, 0.2) is 11.5 Å². The molecular weight excluding hydrogens is 352 g/mol. The molecule has 28 heavy (non-hydrogen) atoms. The van der Waals surface area contributed by atoms with E-state index in [2.05, 4.69) is 22.3 Å². The second-order valence-electron chi connectivity index (χ2n) is 6.25. The number of phenols is 1. The predicted octanol–water partition coefficient (Wildman–Crippen LogP) is 4.35. The van der Waals surface area contributed by atoms with Gasteiger partial charge < -0.3 is 15.6 Å². The summed E-state index contributed by atoms with van der Waals surface area (Å²) in [6, 6.07) is 16.9. The lowest BCUT2D eigenvalue weighted by Gasteiger charge is -2.06. The van der Waals surface area contributed by atoms with E-state index in [1.54, 1.807) is 24.4 Å². The molecule has 3 N–H and O–H groups in total. The van der Waals surface area contributed by atoms with Crippen LogP contribution in [-0.4, -0.2) is 27.1 Å². The Labute approximate surface area is 166 Å². The van der Waals surface area contributed by atoms with Crippen molar-refractivity contribution in [2.75, 3.05) is 6.61 Å². The lowest BCUT2D eigenvalue weighted by molar-refractivity contribution is 0.289. The normalized spacial score (nSPS) is 10.1. The van der Waals surface area contributed by atoms with Crippen LogP contribution in [0.2, 0.25) is 0 Å². The second kappa shape index (κ2) is 12.4. The number of para-hydroxylation sites is 2. The van der Waals surface area contributed by atoms with E-state index >= 15 is 0 Å². The van der Waals surface area contributed by atoms with Crippen molar-refractivity contribution >= 4 is 0 Å². The number of rotatable bonds is 8. The zero-order valence-electron chi connectivity index (χ0n) is 16.3. The Morgan fingerprint density at radius 3 is 2.43 bits per heavy atom. The average Bonchev–Trinajstić information content (AvgIpc) is 2.76. The number of unbranched alkanes of at least 4 members (excludes halogenated alkanes) is 3. The van der Waals surface area contributed by atoms with Crippen LogP contribution in [0.1, 0.15) is 38.2 Å². The Hall–Kier alpha value is -2.99. The second-order valence-corrected chi connectivity index (χ2v) is 6.25. The topological polar surface area (TPSA) is 94.2 Å². The molecule has 0 fully saturated rings. The highest BCUT2D eigenvalue weighted by Crippen LogP contribution is 2.24. The van der Waals surface area contributed by atoms with Crippen molar-refractivity contribution in [2.45, 2.75) is 39.2 Å². The Morgan fingerprint density at radius 1 is 0.964 bits per heavy atom. The van der Waals surface area contributed by atoms with Crippen LogP contribution in [0, 0.1) is 0 Å². The fourth-order valence-corrected chi connectivity index (χ4v) is 2.57. The van der Waals surface area contributed by atoms with E-state index in [0.29, 0.717) is 18.9 Å². The Kier molecular flexibility index (Phi) is 9.44. The Morgan fingerprint density at radius 2 is 1.71 bits per heavy atom. The number of nitrogens with two attached hydrogens (primary N) is 1. The van der Waals surface area contributed by atoms with Gasteiger partial charge in [0.05, 0.1) is 12.8 Å². The van der Waals surface area contributed by atoms with E-state index in [4.69, 9.17) is 10.5 Å². The summed E-state index contributed by atoms with van der Waals surface area (Å²) in [6.07, 6.45) is 6.39. The lowest BCUT2D eigenvalue weighted by atomic mass is 10.1. The van der Waals surface area contributed by atoms with E-state index < -0.39 is 0 Å². The molecule has 0 amide bonds. The minimum Gasteiger partial charge on any atom is -0.504 e. The van der Waals surface area contributed by atoms with Gasteiger partial charge in [0, 0.05) is 17.7 Å². The molecule has 148 valence electrons. The monoisotopic (exact) mass is 380 g/mol. The number of aromatic hydroxyl groups is 1. The van der Waals surface area contributed by atoms with Crippen LogP contribution in [0.5, 0.6) is 11.5 Å². The van der Waals surface area contributed by atoms with Crippen molar-refractivity contribution in [1.82, 2.24) is 15.4 Å². The molecule has 0 atom stereocenters. The van der Waals surface area contributed by atoms with Gasteiger partial charge in [-0.1, -0.05) is 68.7 Å². The maximum atomic E-state index is 9.39. The molecular formula is C22H28N4O2. The minimum atomic E-state index is 0.225. The standard InChI is InChI=1S/C12H18O2.C10H10N4/c1-2-3-4-7-10-14-12-9-6-5-8-11(12)13;11-6-9-7-12-14-13-10(9)8-4-2-1-3-5-8/h5-6,8-9,13H,2-4,7,10H2,1H3;1-5,7H,6,11H2. The van der Waals surface area contributed by atoms with Crippen LogP contribution >= 0.6 is 0 Å².